The van der Waals surface area contributed by atoms with Crippen LogP contribution >= 0.6 is 0 Å². The van der Waals surface area contributed by atoms with Crippen LogP contribution < -0.4 is 5.32 Å². The maximum absolute atomic E-state index is 11.1. The van der Waals surface area contributed by atoms with Gasteiger partial charge < -0.3 is 20.3 Å². The van der Waals surface area contributed by atoms with Crippen LogP contribution in [0.15, 0.2) is 0 Å². The minimum atomic E-state index is -1.54. The summed E-state index contributed by atoms with van der Waals surface area (Å²) in [6, 6.07) is -1.54. The Labute approximate surface area is 98.8 Å². The van der Waals surface area contributed by atoms with Gasteiger partial charge in [0, 0.05) is 0 Å². The van der Waals surface area contributed by atoms with Crippen LogP contribution in [0.3, 0.4) is 0 Å². The first-order valence-corrected chi connectivity index (χ1v) is 4.91. The Bertz CT molecular complexity index is 319. The molecule has 0 saturated heterocycles. The third-order valence-electron chi connectivity index (χ3n) is 2.26. The van der Waals surface area contributed by atoms with Crippen LogP contribution in [0.25, 0.3) is 0 Å². The molecular weight excluding hydrogens is 230 g/mol. The van der Waals surface area contributed by atoms with Gasteiger partial charge in [0.15, 0.2) is 0 Å². The van der Waals surface area contributed by atoms with Crippen molar-refractivity contribution in [1.82, 2.24) is 5.32 Å². The molecule has 7 nitrogen and oxygen atoms in total. The highest BCUT2D eigenvalue weighted by Crippen LogP contribution is 2.29. The maximum Gasteiger partial charge on any atom is 0.407 e. The predicted octanol–water partition coefficient (Wildman–Crippen LogP) is 0.542. The number of amides is 1. The molecule has 2 unspecified atom stereocenters. The summed E-state index contributed by atoms with van der Waals surface area (Å²) in [4.78, 5) is 33.1. The summed E-state index contributed by atoms with van der Waals surface area (Å²) in [6.07, 6.45) is -0.979. The molecule has 0 spiro atoms. The number of carbonyl (C=O) groups excluding carboxylic acids is 1. The van der Waals surface area contributed by atoms with Gasteiger partial charge in [0.1, 0.15) is 6.04 Å². The summed E-state index contributed by atoms with van der Waals surface area (Å²) >= 11 is 0. The molecule has 0 fully saturated rings. The summed E-state index contributed by atoms with van der Waals surface area (Å²) in [5.41, 5.74) is -0.824. The number of rotatable bonds is 4. The van der Waals surface area contributed by atoms with Crippen molar-refractivity contribution < 1.29 is 29.3 Å². The molecule has 0 rings (SSSR count). The second-order valence-corrected chi connectivity index (χ2v) is 4.63. The van der Waals surface area contributed by atoms with E-state index in [1.807, 2.05) is 5.32 Å². The third kappa shape index (κ3) is 4.29. The van der Waals surface area contributed by atoms with Crippen molar-refractivity contribution in [3.8, 4) is 0 Å². The Morgan fingerprint density at radius 2 is 1.59 bits per heavy atom. The van der Waals surface area contributed by atoms with Crippen molar-refractivity contribution in [2.24, 2.45) is 11.3 Å². The van der Waals surface area contributed by atoms with Crippen LogP contribution in [0, 0.1) is 11.3 Å². The molecule has 0 aromatic carbocycles. The summed E-state index contributed by atoms with van der Waals surface area (Å²) in [5, 5.41) is 20.0. The molecule has 7 heteroatoms. The number of alkyl carbamates (subject to hydrolysis) is 1. The van der Waals surface area contributed by atoms with Crippen LogP contribution in [0.4, 0.5) is 4.79 Å². The van der Waals surface area contributed by atoms with E-state index in [-0.39, 0.29) is 0 Å². The largest absolute Gasteiger partial charge is 0.481 e. The lowest BCUT2D eigenvalue weighted by Crippen LogP contribution is -2.52. The highest BCUT2D eigenvalue weighted by Gasteiger charge is 2.43. The monoisotopic (exact) mass is 247 g/mol. The number of carboxylic acid groups (broad SMARTS) is 2. The van der Waals surface area contributed by atoms with Gasteiger partial charge >= 0.3 is 18.0 Å². The molecule has 0 aromatic heterocycles. The number of methoxy groups -OCH3 is 1. The fraction of sp³-hybridized carbons (Fsp3) is 0.700. The lowest BCUT2D eigenvalue weighted by atomic mass is 9.76. The lowest BCUT2D eigenvalue weighted by Gasteiger charge is -2.31. The Kier molecular flexibility index (Phi) is 4.93. The van der Waals surface area contributed by atoms with E-state index in [1.165, 1.54) is 0 Å². The molecule has 98 valence electrons. The van der Waals surface area contributed by atoms with Crippen LogP contribution in [-0.2, 0) is 14.3 Å². The van der Waals surface area contributed by atoms with Crippen molar-refractivity contribution >= 4 is 18.0 Å². The fourth-order valence-corrected chi connectivity index (χ4v) is 1.49. The second kappa shape index (κ2) is 5.51. The van der Waals surface area contributed by atoms with Crippen LogP contribution in [0.1, 0.15) is 20.8 Å². The van der Waals surface area contributed by atoms with E-state index in [0.717, 1.165) is 7.11 Å². The number of hydrogen-bond donors (Lipinski definition) is 3. The van der Waals surface area contributed by atoms with Gasteiger partial charge in [-0.25, -0.2) is 9.59 Å². The average Bonchev–Trinajstić information content (AvgIpc) is 2.13. The second-order valence-electron chi connectivity index (χ2n) is 4.63. The molecule has 2 atom stereocenters. The summed E-state index contributed by atoms with van der Waals surface area (Å²) in [6.45, 7) is 4.75. The van der Waals surface area contributed by atoms with Crippen LogP contribution in [0.2, 0.25) is 0 Å². The van der Waals surface area contributed by atoms with Gasteiger partial charge in [-0.1, -0.05) is 20.8 Å². The molecule has 0 saturated carbocycles. The molecule has 17 heavy (non-hydrogen) atoms. The van der Waals surface area contributed by atoms with E-state index < -0.39 is 35.4 Å². The summed E-state index contributed by atoms with van der Waals surface area (Å²) in [5.74, 6) is -3.97. The Balaban J connectivity index is 5.19. The topological polar surface area (TPSA) is 113 Å². The van der Waals surface area contributed by atoms with Crippen molar-refractivity contribution in [3.63, 3.8) is 0 Å². The van der Waals surface area contributed by atoms with E-state index in [9.17, 15) is 14.4 Å². The molecule has 0 aromatic rings. The molecule has 0 radical (unpaired) electrons. The summed E-state index contributed by atoms with van der Waals surface area (Å²) in [7, 11) is 1.07. The van der Waals surface area contributed by atoms with Gasteiger partial charge in [0.05, 0.1) is 13.0 Å². The van der Waals surface area contributed by atoms with Gasteiger partial charge in [0.2, 0.25) is 0 Å². The molecule has 0 heterocycles. The van der Waals surface area contributed by atoms with Crippen molar-refractivity contribution in [3.05, 3.63) is 0 Å². The molecular formula is C10H17NO6. The van der Waals surface area contributed by atoms with Crippen molar-refractivity contribution in [2.45, 2.75) is 26.8 Å². The average molecular weight is 247 g/mol. The zero-order valence-corrected chi connectivity index (χ0v) is 10.2. The standard InChI is InChI=1S/C10H17NO6/c1-10(2,3)5(7(12)13)6(8(14)15)11-9(16)17-4/h5-6H,1-4H3,(H,11,16)(H,12,13)(H,14,15). The Morgan fingerprint density at radius 1 is 1.12 bits per heavy atom. The molecule has 0 aliphatic carbocycles. The van der Waals surface area contributed by atoms with E-state index in [0.29, 0.717) is 0 Å². The Hall–Kier alpha value is -1.79. The summed E-state index contributed by atoms with van der Waals surface area (Å²) < 4.78 is 4.27. The first-order chi connectivity index (χ1) is 7.61. The van der Waals surface area contributed by atoms with E-state index >= 15 is 0 Å². The number of carboxylic acids is 2. The SMILES string of the molecule is COC(=O)NC(C(=O)O)C(C(=O)O)C(C)(C)C. The molecule has 3 N–H and O–H groups in total. The van der Waals surface area contributed by atoms with Gasteiger partial charge in [-0.3, -0.25) is 4.79 Å². The third-order valence-corrected chi connectivity index (χ3v) is 2.26. The zero-order valence-electron chi connectivity index (χ0n) is 10.2. The number of hydrogen-bond acceptors (Lipinski definition) is 4. The molecule has 0 bridgehead atoms. The van der Waals surface area contributed by atoms with Crippen LogP contribution in [-0.4, -0.2) is 41.4 Å². The van der Waals surface area contributed by atoms with Crippen LogP contribution in [0.5, 0.6) is 0 Å². The highest BCUT2D eigenvalue weighted by molar-refractivity contribution is 5.86. The zero-order chi connectivity index (χ0) is 13.8. The van der Waals surface area contributed by atoms with Gasteiger partial charge in [-0.15, -0.1) is 0 Å². The number of ether oxygens (including phenoxy) is 1. The number of nitrogens with one attached hydrogen (secondary N) is 1. The predicted molar refractivity (Wildman–Crippen MR) is 57.5 cm³/mol. The van der Waals surface area contributed by atoms with Gasteiger partial charge in [-0.2, -0.15) is 0 Å². The van der Waals surface area contributed by atoms with Crippen molar-refractivity contribution in [1.29, 1.82) is 0 Å². The maximum atomic E-state index is 11.1. The normalized spacial score (nSPS) is 14.6. The number of carbonyl (C=O) groups is 3. The quantitative estimate of drug-likeness (QED) is 0.668. The highest BCUT2D eigenvalue weighted by atomic mass is 16.5. The van der Waals surface area contributed by atoms with Gasteiger partial charge in [0.25, 0.3) is 0 Å². The Morgan fingerprint density at radius 3 is 1.82 bits per heavy atom. The molecule has 1 amide bonds. The molecule has 0 aliphatic heterocycles. The van der Waals surface area contributed by atoms with Crippen molar-refractivity contribution in [2.75, 3.05) is 7.11 Å². The van der Waals surface area contributed by atoms with E-state index in [4.69, 9.17) is 10.2 Å². The van der Waals surface area contributed by atoms with E-state index in [1.54, 1.807) is 20.8 Å². The fourth-order valence-electron chi connectivity index (χ4n) is 1.49. The lowest BCUT2D eigenvalue weighted by molar-refractivity contribution is -0.155. The first-order valence-electron chi connectivity index (χ1n) is 4.91. The van der Waals surface area contributed by atoms with E-state index in [2.05, 4.69) is 4.74 Å². The minimum absolute atomic E-state index is 0.824. The smallest absolute Gasteiger partial charge is 0.407 e. The minimum Gasteiger partial charge on any atom is -0.481 e. The molecule has 0 aliphatic rings. The first kappa shape index (κ1) is 15.2. The van der Waals surface area contributed by atoms with Gasteiger partial charge in [-0.05, 0) is 5.41 Å². The number of aliphatic carboxylic acids is 2.